The van der Waals surface area contributed by atoms with Crippen LogP contribution in [0.3, 0.4) is 0 Å². The molecule has 4 heteroatoms. The molecule has 0 atom stereocenters. The summed E-state index contributed by atoms with van der Waals surface area (Å²) < 4.78 is 30.0. The van der Waals surface area contributed by atoms with E-state index in [1.54, 1.807) is 0 Å². The smallest absolute Gasteiger partial charge is 0.264 e. The van der Waals surface area contributed by atoms with Gasteiger partial charge in [0.15, 0.2) is 0 Å². The summed E-state index contributed by atoms with van der Waals surface area (Å²) in [4.78, 5) is 0. The Kier molecular flexibility index (Phi) is 28.9. The summed E-state index contributed by atoms with van der Waals surface area (Å²) in [6.07, 6.45) is 42.0. The molecule has 0 aromatic heterocycles. The highest BCUT2D eigenvalue weighted by molar-refractivity contribution is 7.85. The summed E-state index contributed by atoms with van der Waals surface area (Å²) in [7, 11) is -3.76. The first-order chi connectivity index (χ1) is 17.6. The van der Waals surface area contributed by atoms with Gasteiger partial charge in [-0.1, -0.05) is 167 Å². The van der Waals surface area contributed by atoms with Crippen LogP contribution in [0.25, 0.3) is 0 Å². The minimum absolute atomic E-state index is 0.0881. The standard InChI is InChI=1S/C32H64O3S/c1-2-3-4-5-6-7-8-9-10-11-12-13-14-15-16-17-18-19-20-21-22-23-24-25-26-27-28-29-30-31-32-36(33,34)35/h23-24H,2-22,25-32H2,1H3,(H,33,34,35). The second-order valence-corrected chi connectivity index (χ2v) is 12.7. The quantitative estimate of drug-likeness (QED) is 0.0573. The van der Waals surface area contributed by atoms with E-state index >= 15 is 0 Å². The minimum Gasteiger partial charge on any atom is -0.286 e. The summed E-state index contributed by atoms with van der Waals surface area (Å²) in [6.45, 7) is 2.29. The van der Waals surface area contributed by atoms with Crippen LogP contribution >= 0.6 is 0 Å². The van der Waals surface area contributed by atoms with E-state index < -0.39 is 10.1 Å². The Labute approximate surface area is 227 Å². The third-order valence-corrected chi connectivity index (χ3v) is 8.22. The van der Waals surface area contributed by atoms with Crippen LogP contribution in [0.2, 0.25) is 0 Å². The molecule has 0 heterocycles. The Morgan fingerprint density at radius 1 is 0.417 bits per heavy atom. The summed E-state index contributed by atoms with van der Waals surface area (Å²) >= 11 is 0. The van der Waals surface area contributed by atoms with Crippen LogP contribution in [0.4, 0.5) is 0 Å². The first-order valence-corrected chi connectivity index (χ1v) is 17.8. The summed E-state index contributed by atoms with van der Waals surface area (Å²) in [5.41, 5.74) is 0. The molecular weight excluding hydrogens is 464 g/mol. The van der Waals surface area contributed by atoms with Gasteiger partial charge in [0, 0.05) is 0 Å². The highest BCUT2D eigenvalue weighted by atomic mass is 32.2. The highest BCUT2D eigenvalue weighted by Crippen LogP contribution is 2.15. The van der Waals surface area contributed by atoms with Crippen LogP contribution in [-0.4, -0.2) is 18.7 Å². The van der Waals surface area contributed by atoms with Crippen LogP contribution in [0, 0.1) is 0 Å². The molecule has 0 radical (unpaired) electrons. The molecule has 0 bridgehead atoms. The van der Waals surface area contributed by atoms with Crippen molar-refractivity contribution in [2.24, 2.45) is 0 Å². The van der Waals surface area contributed by atoms with Crippen molar-refractivity contribution in [1.29, 1.82) is 0 Å². The van der Waals surface area contributed by atoms with E-state index in [0.717, 1.165) is 12.8 Å². The lowest BCUT2D eigenvalue weighted by Gasteiger charge is -2.04. The van der Waals surface area contributed by atoms with Gasteiger partial charge in [-0.25, -0.2) is 0 Å². The van der Waals surface area contributed by atoms with Crippen molar-refractivity contribution >= 4 is 10.1 Å². The van der Waals surface area contributed by atoms with Crippen molar-refractivity contribution in [2.45, 2.75) is 187 Å². The molecule has 216 valence electrons. The van der Waals surface area contributed by atoms with Gasteiger partial charge in [0.25, 0.3) is 10.1 Å². The van der Waals surface area contributed by atoms with Gasteiger partial charge in [-0.05, 0) is 32.1 Å². The van der Waals surface area contributed by atoms with Crippen LogP contribution in [0.1, 0.15) is 187 Å². The third kappa shape index (κ3) is 33.7. The zero-order valence-electron chi connectivity index (χ0n) is 24.3. The molecule has 0 rings (SSSR count). The van der Waals surface area contributed by atoms with E-state index in [2.05, 4.69) is 19.1 Å². The van der Waals surface area contributed by atoms with Gasteiger partial charge in [-0.2, -0.15) is 8.42 Å². The molecule has 36 heavy (non-hydrogen) atoms. The maximum Gasteiger partial charge on any atom is 0.264 e. The average molecular weight is 529 g/mol. The fourth-order valence-corrected chi connectivity index (χ4v) is 5.58. The second kappa shape index (κ2) is 29.2. The van der Waals surface area contributed by atoms with Crippen LogP contribution in [-0.2, 0) is 10.1 Å². The van der Waals surface area contributed by atoms with E-state index in [0.29, 0.717) is 6.42 Å². The topological polar surface area (TPSA) is 54.4 Å². The molecule has 0 fully saturated rings. The predicted molar refractivity (Wildman–Crippen MR) is 161 cm³/mol. The molecular formula is C32H64O3S. The van der Waals surface area contributed by atoms with Crippen LogP contribution < -0.4 is 0 Å². The zero-order valence-corrected chi connectivity index (χ0v) is 25.1. The fourth-order valence-electron chi connectivity index (χ4n) is 5.01. The maximum atomic E-state index is 10.6. The molecule has 0 aromatic rings. The molecule has 0 amide bonds. The Morgan fingerprint density at radius 2 is 0.667 bits per heavy atom. The van der Waals surface area contributed by atoms with Gasteiger partial charge in [0.1, 0.15) is 0 Å². The Hall–Kier alpha value is -0.350. The van der Waals surface area contributed by atoms with Gasteiger partial charge in [-0.3, -0.25) is 4.55 Å². The second-order valence-electron chi connectivity index (χ2n) is 11.2. The van der Waals surface area contributed by atoms with Gasteiger partial charge >= 0.3 is 0 Å². The van der Waals surface area contributed by atoms with Crippen molar-refractivity contribution in [2.75, 3.05) is 5.75 Å². The van der Waals surface area contributed by atoms with E-state index in [-0.39, 0.29) is 5.75 Å². The van der Waals surface area contributed by atoms with E-state index in [4.69, 9.17) is 4.55 Å². The SMILES string of the molecule is CCCCCCCCCCCCCCCCCCCCCCC=CCCCCCCCCS(=O)(=O)O. The lowest BCUT2D eigenvalue weighted by molar-refractivity contribution is 0.478. The number of hydrogen-bond acceptors (Lipinski definition) is 2. The van der Waals surface area contributed by atoms with Gasteiger partial charge < -0.3 is 0 Å². The summed E-state index contributed by atoms with van der Waals surface area (Å²) in [5, 5.41) is 0. The molecule has 0 spiro atoms. The normalized spacial score (nSPS) is 12.2. The number of allylic oxidation sites excluding steroid dienone is 2. The molecule has 0 aliphatic heterocycles. The molecule has 0 aliphatic carbocycles. The molecule has 0 aromatic carbocycles. The van der Waals surface area contributed by atoms with Gasteiger partial charge in [0.2, 0.25) is 0 Å². The fraction of sp³-hybridized carbons (Fsp3) is 0.938. The number of rotatable bonds is 30. The molecule has 0 aliphatic rings. The first-order valence-electron chi connectivity index (χ1n) is 16.2. The first kappa shape index (κ1) is 35.6. The maximum absolute atomic E-state index is 10.6. The summed E-state index contributed by atoms with van der Waals surface area (Å²) in [6, 6.07) is 0. The van der Waals surface area contributed by atoms with Crippen molar-refractivity contribution in [3.8, 4) is 0 Å². The monoisotopic (exact) mass is 528 g/mol. The van der Waals surface area contributed by atoms with Gasteiger partial charge in [-0.15, -0.1) is 0 Å². The Bertz CT molecular complexity index is 542. The molecule has 0 saturated heterocycles. The van der Waals surface area contributed by atoms with Crippen molar-refractivity contribution in [3.63, 3.8) is 0 Å². The molecule has 0 saturated carbocycles. The van der Waals surface area contributed by atoms with Crippen LogP contribution in [0.15, 0.2) is 12.2 Å². The predicted octanol–water partition coefficient (Wildman–Crippen LogP) is 11.4. The lowest BCUT2D eigenvalue weighted by atomic mass is 10.0. The van der Waals surface area contributed by atoms with Crippen molar-refractivity contribution in [1.82, 2.24) is 0 Å². The highest BCUT2D eigenvalue weighted by Gasteiger charge is 2.02. The number of hydrogen-bond donors (Lipinski definition) is 1. The Balaban J connectivity index is 3.11. The van der Waals surface area contributed by atoms with E-state index in [1.807, 2.05) is 0 Å². The largest absolute Gasteiger partial charge is 0.286 e. The van der Waals surface area contributed by atoms with Crippen LogP contribution in [0.5, 0.6) is 0 Å². The molecule has 1 N–H and O–H groups in total. The van der Waals surface area contributed by atoms with E-state index in [9.17, 15) is 8.42 Å². The third-order valence-electron chi connectivity index (χ3n) is 7.41. The van der Waals surface area contributed by atoms with Gasteiger partial charge in [0.05, 0.1) is 5.75 Å². The number of unbranched alkanes of at least 4 members (excludes halogenated alkanes) is 26. The molecule has 3 nitrogen and oxygen atoms in total. The van der Waals surface area contributed by atoms with Crippen molar-refractivity contribution in [3.05, 3.63) is 12.2 Å². The minimum atomic E-state index is -3.76. The van der Waals surface area contributed by atoms with E-state index in [1.165, 1.54) is 161 Å². The zero-order chi connectivity index (χ0) is 26.4. The lowest BCUT2D eigenvalue weighted by Crippen LogP contribution is -2.03. The van der Waals surface area contributed by atoms with Crippen molar-refractivity contribution < 1.29 is 13.0 Å². The summed E-state index contributed by atoms with van der Waals surface area (Å²) in [5.74, 6) is -0.0881. The molecule has 0 unspecified atom stereocenters. The average Bonchev–Trinajstić information content (AvgIpc) is 2.84. The Morgan fingerprint density at radius 3 is 0.944 bits per heavy atom.